The Morgan fingerprint density at radius 1 is 1.03 bits per heavy atom. The number of aliphatic carboxylic acids is 1. The third kappa shape index (κ3) is 7.88. The van der Waals surface area contributed by atoms with Gasteiger partial charge in [-0.25, -0.2) is 13.2 Å². The second kappa shape index (κ2) is 12.1. The minimum Gasteiger partial charge on any atom is -0.475 e. The van der Waals surface area contributed by atoms with Crippen molar-refractivity contribution in [3.05, 3.63) is 90.0 Å². The molecule has 5 N–H and O–H groups in total. The van der Waals surface area contributed by atoms with Crippen molar-refractivity contribution < 1.29 is 36.3 Å². The van der Waals surface area contributed by atoms with Crippen molar-refractivity contribution in [2.24, 2.45) is 5.73 Å². The van der Waals surface area contributed by atoms with Crippen LogP contribution in [0.25, 0.3) is 11.1 Å². The Hall–Kier alpha value is -4.23. The van der Waals surface area contributed by atoms with E-state index in [9.17, 15) is 26.4 Å². The lowest BCUT2D eigenvalue weighted by atomic mass is 10.1. The molecule has 0 saturated carbocycles. The summed E-state index contributed by atoms with van der Waals surface area (Å²) in [5.41, 5.74) is 8.88. The maximum absolute atomic E-state index is 12.8. The van der Waals surface area contributed by atoms with E-state index in [-0.39, 0.29) is 16.6 Å². The molecule has 0 spiro atoms. The molecule has 1 aliphatic heterocycles. The van der Waals surface area contributed by atoms with Gasteiger partial charge < -0.3 is 15.7 Å². The Labute approximate surface area is 222 Å². The lowest BCUT2D eigenvalue weighted by Gasteiger charge is -2.18. The summed E-state index contributed by atoms with van der Waals surface area (Å²) in [4.78, 5) is 23.4. The maximum Gasteiger partial charge on any atom is 0.490 e. The van der Waals surface area contributed by atoms with Gasteiger partial charge in [-0.2, -0.15) is 17.9 Å². The van der Waals surface area contributed by atoms with Crippen LogP contribution in [0, 0.1) is 5.41 Å². The van der Waals surface area contributed by atoms with Crippen LogP contribution in [0.4, 0.5) is 13.2 Å². The molecule has 1 saturated heterocycles. The molecule has 3 aromatic rings. The van der Waals surface area contributed by atoms with E-state index >= 15 is 0 Å². The molecule has 9 nitrogen and oxygen atoms in total. The number of alkyl halides is 3. The number of nitrogens with zero attached hydrogens (tertiary/aromatic N) is 1. The number of likely N-dealkylation sites (tertiary alicyclic amines) is 1. The molecule has 1 heterocycles. The molecule has 206 valence electrons. The van der Waals surface area contributed by atoms with E-state index in [2.05, 4.69) is 4.72 Å². The highest BCUT2D eigenvalue weighted by atomic mass is 32.2. The van der Waals surface area contributed by atoms with Crippen LogP contribution in [0.3, 0.4) is 0 Å². The van der Waals surface area contributed by atoms with E-state index in [1.807, 2.05) is 36.4 Å². The van der Waals surface area contributed by atoms with Gasteiger partial charge in [0.05, 0.1) is 4.90 Å². The number of amidine groups is 1. The average Bonchev–Trinajstić information content (AvgIpc) is 3.22. The van der Waals surface area contributed by atoms with Crippen LogP contribution < -0.4 is 10.5 Å². The van der Waals surface area contributed by atoms with Gasteiger partial charge in [-0.3, -0.25) is 10.2 Å². The molecule has 4 rings (SSSR count). The monoisotopic (exact) mass is 562 g/mol. The average molecular weight is 563 g/mol. The fourth-order valence-electron chi connectivity index (χ4n) is 3.78. The van der Waals surface area contributed by atoms with E-state index in [1.54, 1.807) is 47.4 Å². The number of hydrogen-bond donors (Lipinski definition) is 4. The fraction of sp³-hybridized carbons (Fsp3) is 0.192. The van der Waals surface area contributed by atoms with Crippen molar-refractivity contribution in [3.8, 4) is 11.1 Å². The number of rotatable bonds is 7. The summed E-state index contributed by atoms with van der Waals surface area (Å²) in [6.07, 6.45) is -4.69. The third-order valence-corrected chi connectivity index (χ3v) is 7.21. The topological polar surface area (TPSA) is 154 Å². The smallest absolute Gasteiger partial charge is 0.475 e. The summed E-state index contributed by atoms with van der Waals surface area (Å²) < 4.78 is 60.0. The van der Waals surface area contributed by atoms with Crippen molar-refractivity contribution in [2.75, 3.05) is 6.54 Å². The number of carboxylic acids is 1. The molecular weight excluding hydrogens is 537 g/mol. The molecule has 3 aromatic carbocycles. The number of carbonyl (C=O) groups excluding carboxylic acids is 1. The minimum absolute atomic E-state index is 0.0384. The lowest BCUT2D eigenvalue weighted by Crippen LogP contribution is -2.41. The van der Waals surface area contributed by atoms with Gasteiger partial charge in [0.25, 0.3) is 0 Å². The van der Waals surface area contributed by atoms with Gasteiger partial charge >= 0.3 is 12.1 Å². The maximum atomic E-state index is 12.8. The summed E-state index contributed by atoms with van der Waals surface area (Å²) in [5, 5.41) is 14.7. The Morgan fingerprint density at radius 2 is 1.62 bits per heavy atom. The van der Waals surface area contributed by atoms with Crippen molar-refractivity contribution in [1.82, 2.24) is 9.62 Å². The molecule has 1 atom stereocenters. The van der Waals surface area contributed by atoms with Crippen LogP contribution in [0.1, 0.15) is 17.5 Å². The Morgan fingerprint density at radius 3 is 2.18 bits per heavy atom. The minimum atomic E-state index is -5.08. The molecule has 39 heavy (non-hydrogen) atoms. The molecular formula is C26H25F3N4O5S. The van der Waals surface area contributed by atoms with E-state index in [1.165, 1.54) is 0 Å². The summed E-state index contributed by atoms with van der Waals surface area (Å²) in [6, 6.07) is 22.6. The number of benzene rings is 3. The summed E-state index contributed by atoms with van der Waals surface area (Å²) >= 11 is 0. The number of sulfonamides is 1. The first-order valence-electron chi connectivity index (χ1n) is 11.5. The van der Waals surface area contributed by atoms with Crippen molar-refractivity contribution in [2.45, 2.75) is 30.1 Å². The third-order valence-electron chi connectivity index (χ3n) is 5.72. The number of nitrogen functional groups attached to an aromatic ring is 1. The molecule has 0 aromatic heterocycles. The predicted molar refractivity (Wildman–Crippen MR) is 137 cm³/mol. The number of carbonyl (C=O) groups is 2. The normalized spacial score (nSPS) is 15.4. The van der Waals surface area contributed by atoms with E-state index in [4.69, 9.17) is 21.0 Å². The summed E-state index contributed by atoms with van der Waals surface area (Å²) in [6.45, 7) is 0.785. The SMILES string of the molecule is N=C(N)c1cccc(CN2CC[C@H](NS(=O)(=O)c3ccc(-c4ccccc4)cc3)C2=O)c1.O=C(O)C(F)(F)F. The number of halogens is 3. The number of nitrogens with two attached hydrogens (primary N) is 1. The van der Waals surface area contributed by atoms with E-state index in [0.717, 1.165) is 16.7 Å². The van der Waals surface area contributed by atoms with Gasteiger partial charge in [0.2, 0.25) is 15.9 Å². The molecule has 13 heteroatoms. The van der Waals surface area contributed by atoms with E-state index < -0.39 is 28.2 Å². The highest BCUT2D eigenvalue weighted by Crippen LogP contribution is 2.22. The first-order chi connectivity index (χ1) is 18.3. The van der Waals surface area contributed by atoms with Gasteiger partial charge in [0, 0.05) is 18.7 Å². The van der Waals surface area contributed by atoms with Gasteiger partial charge in [0.1, 0.15) is 11.9 Å². The van der Waals surface area contributed by atoms with E-state index in [0.29, 0.717) is 25.1 Å². The molecule has 0 aliphatic carbocycles. The molecule has 1 aliphatic rings. The van der Waals surface area contributed by atoms with Crippen molar-refractivity contribution in [1.29, 1.82) is 5.41 Å². The van der Waals surface area contributed by atoms with Gasteiger partial charge in [0.15, 0.2) is 0 Å². The van der Waals surface area contributed by atoms with Crippen LogP contribution >= 0.6 is 0 Å². The molecule has 0 unspecified atom stereocenters. The van der Waals surface area contributed by atoms with Gasteiger partial charge in [-0.05, 0) is 41.3 Å². The second-order valence-electron chi connectivity index (χ2n) is 8.53. The van der Waals surface area contributed by atoms with Gasteiger partial charge in [-0.1, -0.05) is 60.7 Å². The van der Waals surface area contributed by atoms with Crippen LogP contribution in [0.5, 0.6) is 0 Å². The largest absolute Gasteiger partial charge is 0.490 e. The Bertz CT molecular complexity index is 1450. The quantitative estimate of drug-likeness (QED) is 0.256. The summed E-state index contributed by atoms with van der Waals surface area (Å²) in [7, 11) is -3.83. The standard InChI is InChI=1S/C24H24N4O3S.C2HF3O2/c25-23(26)20-8-4-5-17(15-20)16-28-14-13-22(24(28)29)27-32(30,31)21-11-9-19(10-12-21)18-6-2-1-3-7-18;3-2(4,5)1(6)7/h1-12,15,22,27H,13-14,16H2,(H3,25,26);(H,6,7)/t22-;/m0./s1. The number of carboxylic acid groups (broad SMARTS) is 1. The van der Waals surface area contributed by atoms with Crippen molar-refractivity contribution >= 4 is 27.7 Å². The zero-order chi connectivity index (χ0) is 28.8. The highest BCUT2D eigenvalue weighted by molar-refractivity contribution is 7.89. The van der Waals surface area contributed by atoms with Crippen LogP contribution in [0.15, 0.2) is 83.8 Å². The zero-order valence-electron chi connectivity index (χ0n) is 20.4. The first-order valence-corrected chi connectivity index (χ1v) is 13.0. The second-order valence-corrected chi connectivity index (χ2v) is 10.2. The summed E-state index contributed by atoms with van der Waals surface area (Å²) in [5.74, 6) is -3.06. The molecule has 1 amide bonds. The number of hydrogen-bond acceptors (Lipinski definition) is 5. The molecule has 1 fully saturated rings. The van der Waals surface area contributed by atoms with Gasteiger partial charge in [-0.15, -0.1) is 0 Å². The van der Waals surface area contributed by atoms with Crippen LogP contribution in [-0.4, -0.2) is 54.9 Å². The number of nitrogens with one attached hydrogen (secondary N) is 2. The zero-order valence-corrected chi connectivity index (χ0v) is 21.2. The first kappa shape index (κ1) is 29.3. The fourth-order valence-corrected chi connectivity index (χ4v) is 5.00. The Kier molecular flexibility index (Phi) is 9.09. The number of amides is 1. The van der Waals surface area contributed by atoms with Crippen molar-refractivity contribution in [3.63, 3.8) is 0 Å². The predicted octanol–water partition coefficient (Wildman–Crippen LogP) is 3.35. The van der Waals surface area contributed by atoms with Crippen LogP contribution in [0.2, 0.25) is 0 Å². The molecule has 0 bridgehead atoms. The van der Waals surface area contributed by atoms with Crippen LogP contribution in [-0.2, 0) is 26.2 Å². The lowest BCUT2D eigenvalue weighted by molar-refractivity contribution is -0.192. The Balaban J connectivity index is 0.000000532. The molecule has 0 radical (unpaired) electrons. The highest BCUT2D eigenvalue weighted by Gasteiger charge is 2.38.